The molecular formula is C4H4CoN2. The Bertz CT molecular complexity index is 81.6. The molecule has 1 aromatic heterocycles. The van der Waals surface area contributed by atoms with E-state index in [1.54, 1.807) is 18.5 Å². The first-order valence-corrected chi connectivity index (χ1v) is 1.70. The smallest absolute Gasteiger partial charge is 0.115 e. The molecule has 0 aliphatic carbocycles. The summed E-state index contributed by atoms with van der Waals surface area (Å²) in [5.74, 6) is 0. The van der Waals surface area contributed by atoms with Crippen LogP contribution in [0.1, 0.15) is 0 Å². The molecule has 0 aromatic carbocycles. The van der Waals surface area contributed by atoms with Crippen molar-refractivity contribution in [2.45, 2.75) is 0 Å². The molecule has 0 saturated carbocycles. The molecule has 0 aliphatic rings. The van der Waals surface area contributed by atoms with Gasteiger partial charge in [-0.3, -0.25) is 0 Å². The minimum Gasteiger partial charge on any atom is -0.245 e. The van der Waals surface area contributed by atoms with Crippen molar-refractivity contribution in [2.75, 3.05) is 0 Å². The average Bonchev–Trinajstić information content (AvgIpc) is 1.72. The first kappa shape index (κ1) is 6.59. The predicted octanol–water partition coefficient (Wildman–Crippen LogP) is 0.474. The average molecular weight is 139 g/mol. The van der Waals surface area contributed by atoms with Crippen molar-refractivity contribution in [3.8, 4) is 0 Å². The van der Waals surface area contributed by atoms with Crippen LogP contribution in [0.15, 0.2) is 24.8 Å². The van der Waals surface area contributed by atoms with Gasteiger partial charge in [-0.15, -0.1) is 0 Å². The molecule has 0 atom stereocenters. The zero-order valence-electron chi connectivity index (χ0n) is 3.54. The van der Waals surface area contributed by atoms with Crippen molar-refractivity contribution in [3.63, 3.8) is 0 Å². The molecule has 1 radical (unpaired) electrons. The maximum Gasteiger partial charge on any atom is 0.115 e. The van der Waals surface area contributed by atoms with Gasteiger partial charge in [0.05, 0.1) is 0 Å². The quantitative estimate of drug-likeness (QED) is 0.522. The van der Waals surface area contributed by atoms with Crippen LogP contribution in [0.4, 0.5) is 0 Å². The summed E-state index contributed by atoms with van der Waals surface area (Å²) < 4.78 is 0. The Hall–Kier alpha value is -0.414. The third-order valence-corrected chi connectivity index (χ3v) is 0.478. The maximum atomic E-state index is 3.67. The van der Waals surface area contributed by atoms with Crippen molar-refractivity contribution in [3.05, 3.63) is 24.8 Å². The van der Waals surface area contributed by atoms with Crippen LogP contribution < -0.4 is 0 Å². The zero-order valence-corrected chi connectivity index (χ0v) is 4.58. The van der Waals surface area contributed by atoms with Gasteiger partial charge in [0, 0.05) is 29.2 Å². The molecule has 0 fully saturated rings. The predicted molar refractivity (Wildman–Crippen MR) is 22.0 cm³/mol. The van der Waals surface area contributed by atoms with Crippen LogP contribution in [-0.2, 0) is 16.8 Å². The van der Waals surface area contributed by atoms with E-state index in [1.165, 1.54) is 6.33 Å². The first-order chi connectivity index (χ1) is 3.00. The molecule has 1 aromatic rings. The summed E-state index contributed by atoms with van der Waals surface area (Å²) in [5, 5.41) is 0. The van der Waals surface area contributed by atoms with Gasteiger partial charge >= 0.3 is 0 Å². The Labute approximate surface area is 52.2 Å². The van der Waals surface area contributed by atoms with Crippen molar-refractivity contribution >= 4 is 0 Å². The zero-order chi connectivity index (χ0) is 4.24. The summed E-state index contributed by atoms with van der Waals surface area (Å²) in [6.45, 7) is 0. The van der Waals surface area contributed by atoms with E-state index in [4.69, 9.17) is 0 Å². The second kappa shape index (κ2) is 3.77. The van der Waals surface area contributed by atoms with Crippen molar-refractivity contribution in [2.24, 2.45) is 0 Å². The molecule has 0 saturated heterocycles. The van der Waals surface area contributed by atoms with E-state index < -0.39 is 0 Å². The van der Waals surface area contributed by atoms with Gasteiger partial charge in [0.25, 0.3) is 0 Å². The molecule has 39 valence electrons. The van der Waals surface area contributed by atoms with Crippen LogP contribution in [0.25, 0.3) is 0 Å². The van der Waals surface area contributed by atoms with E-state index in [-0.39, 0.29) is 16.8 Å². The van der Waals surface area contributed by atoms with Gasteiger partial charge in [-0.1, -0.05) is 0 Å². The van der Waals surface area contributed by atoms with Gasteiger partial charge in [-0.2, -0.15) is 0 Å². The van der Waals surface area contributed by atoms with Crippen molar-refractivity contribution < 1.29 is 16.8 Å². The number of hydrogen-bond acceptors (Lipinski definition) is 2. The first-order valence-electron chi connectivity index (χ1n) is 1.70. The standard InChI is InChI=1S/C4H4N2.Co/c1-2-5-4-6-3-1;/h1-4H;. The normalized spacial score (nSPS) is 6.86. The molecule has 0 N–H and O–H groups in total. The van der Waals surface area contributed by atoms with Crippen LogP contribution in [0, 0.1) is 0 Å². The summed E-state index contributed by atoms with van der Waals surface area (Å²) in [7, 11) is 0. The van der Waals surface area contributed by atoms with Crippen LogP contribution in [-0.4, -0.2) is 9.97 Å². The molecule has 0 amide bonds. The summed E-state index contributed by atoms with van der Waals surface area (Å²) in [4.78, 5) is 7.35. The Morgan fingerprint density at radius 2 is 1.57 bits per heavy atom. The minimum atomic E-state index is 0. The maximum absolute atomic E-state index is 3.67. The van der Waals surface area contributed by atoms with E-state index in [2.05, 4.69) is 9.97 Å². The van der Waals surface area contributed by atoms with Gasteiger partial charge in [-0.05, 0) is 6.07 Å². The second-order valence-electron chi connectivity index (χ2n) is 0.904. The Morgan fingerprint density at radius 3 is 1.71 bits per heavy atom. The van der Waals surface area contributed by atoms with Crippen LogP contribution in [0.3, 0.4) is 0 Å². The van der Waals surface area contributed by atoms with E-state index in [0.29, 0.717) is 0 Å². The van der Waals surface area contributed by atoms with Gasteiger partial charge in [-0.25, -0.2) is 9.97 Å². The van der Waals surface area contributed by atoms with Gasteiger partial charge in [0.15, 0.2) is 0 Å². The topological polar surface area (TPSA) is 25.8 Å². The third kappa shape index (κ3) is 2.30. The molecule has 0 aliphatic heterocycles. The largest absolute Gasteiger partial charge is 0.245 e. The van der Waals surface area contributed by atoms with E-state index in [1.807, 2.05) is 0 Å². The fourth-order valence-electron chi connectivity index (χ4n) is 0.253. The van der Waals surface area contributed by atoms with Crippen LogP contribution in [0.5, 0.6) is 0 Å². The summed E-state index contributed by atoms with van der Waals surface area (Å²) in [6, 6.07) is 1.78. The summed E-state index contributed by atoms with van der Waals surface area (Å²) >= 11 is 0. The minimum absolute atomic E-state index is 0. The van der Waals surface area contributed by atoms with E-state index in [0.717, 1.165) is 0 Å². The number of rotatable bonds is 0. The van der Waals surface area contributed by atoms with Crippen LogP contribution in [0.2, 0.25) is 0 Å². The second-order valence-corrected chi connectivity index (χ2v) is 0.904. The number of aromatic nitrogens is 2. The van der Waals surface area contributed by atoms with Crippen molar-refractivity contribution in [1.29, 1.82) is 0 Å². The van der Waals surface area contributed by atoms with E-state index in [9.17, 15) is 0 Å². The summed E-state index contributed by atoms with van der Waals surface area (Å²) in [5.41, 5.74) is 0. The molecule has 0 bridgehead atoms. The molecule has 1 heterocycles. The molecule has 7 heavy (non-hydrogen) atoms. The molecule has 1 rings (SSSR count). The number of hydrogen-bond donors (Lipinski definition) is 0. The Balaban J connectivity index is 0.000000360. The fourth-order valence-corrected chi connectivity index (χ4v) is 0.253. The van der Waals surface area contributed by atoms with E-state index >= 15 is 0 Å². The Morgan fingerprint density at radius 1 is 1.00 bits per heavy atom. The van der Waals surface area contributed by atoms with Gasteiger partial charge in [0.2, 0.25) is 0 Å². The van der Waals surface area contributed by atoms with Crippen LogP contribution >= 0.6 is 0 Å². The molecule has 0 unspecified atom stereocenters. The third-order valence-electron chi connectivity index (χ3n) is 0.478. The fraction of sp³-hybridized carbons (Fsp3) is 0. The van der Waals surface area contributed by atoms with Gasteiger partial charge < -0.3 is 0 Å². The van der Waals surface area contributed by atoms with Crippen molar-refractivity contribution in [1.82, 2.24) is 9.97 Å². The molecule has 3 heteroatoms. The molecule has 0 spiro atoms. The molecule has 2 nitrogen and oxygen atoms in total. The molecular weight excluding hydrogens is 135 g/mol. The van der Waals surface area contributed by atoms with Gasteiger partial charge in [0.1, 0.15) is 6.33 Å². The Kier molecular flexibility index (Phi) is 3.54. The SMILES string of the molecule is [Co].c1cncnc1. The monoisotopic (exact) mass is 139 g/mol. The summed E-state index contributed by atoms with van der Waals surface area (Å²) in [6.07, 6.45) is 4.88. The number of nitrogens with zero attached hydrogens (tertiary/aromatic N) is 2.